The zero-order valence-electron chi connectivity index (χ0n) is 32.5. The smallest absolute Gasteiger partial charge is 0.00560 e. The summed E-state index contributed by atoms with van der Waals surface area (Å²) in [5.74, 6) is 0.246. The van der Waals surface area contributed by atoms with Crippen molar-refractivity contribution in [2.24, 2.45) is 5.73 Å². The van der Waals surface area contributed by atoms with Gasteiger partial charge in [-0.2, -0.15) is 0 Å². The Morgan fingerprint density at radius 2 is 1.25 bits per heavy atom. The minimum Gasteiger partial charge on any atom is -0.405 e. The summed E-state index contributed by atoms with van der Waals surface area (Å²) in [5.41, 5.74) is 21.0. The van der Waals surface area contributed by atoms with Gasteiger partial charge in [0.1, 0.15) is 0 Å². The van der Waals surface area contributed by atoms with E-state index in [1.807, 2.05) is 6.08 Å². The Morgan fingerprint density at radius 3 is 2.05 bits per heavy atom. The Balaban J connectivity index is 1.09. The molecular weight excluding hydrogens is 687 g/mol. The molecule has 1 atom stereocenters. The number of hydrogen-bond donors (Lipinski definition) is 1. The fourth-order valence-corrected chi connectivity index (χ4v) is 8.12. The Bertz CT molecular complexity index is 2580. The molecule has 278 valence electrons. The summed E-state index contributed by atoms with van der Waals surface area (Å²) in [5, 5.41) is 2.53. The van der Waals surface area contributed by atoms with Crippen molar-refractivity contribution in [3.63, 3.8) is 0 Å². The maximum Gasteiger partial charge on any atom is 0.00560 e. The normalized spacial score (nSPS) is 14.1. The molecule has 0 aromatic heterocycles. The number of nitrogens with two attached hydrogens (primary N) is 1. The van der Waals surface area contributed by atoms with Gasteiger partial charge in [-0.3, -0.25) is 0 Å². The summed E-state index contributed by atoms with van der Waals surface area (Å²) in [6.45, 7) is 0. The molecule has 0 radical (unpaired) electrons. The van der Waals surface area contributed by atoms with Crippen molar-refractivity contribution in [2.75, 3.05) is 0 Å². The van der Waals surface area contributed by atoms with Gasteiger partial charge >= 0.3 is 0 Å². The Hall–Kier alpha value is -6.70. The van der Waals surface area contributed by atoms with Gasteiger partial charge in [0.15, 0.2) is 0 Å². The van der Waals surface area contributed by atoms with E-state index in [-0.39, 0.29) is 5.92 Å². The highest BCUT2D eigenvalue weighted by Crippen LogP contribution is 2.36. The first kappa shape index (κ1) is 37.2. The van der Waals surface area contributed by atoms with Crippen LogP contribution in [0.5, 0.6) is 0 Å². The van der Waals surface area contributed by atoms with Crippen molar-refractivity contribution in [3.05, 3.63) is 246 Å². The maximum absolute atomic E-state index is 6.10. The van der Waals surface area contributed by atoms with Crippen LogP contribution in [0, 0.1) is 0 Å². The molecular formula is C56H49N. The van der Waals surface area contributed by atoms with Gasteiger partial charge in [-0.1, -0.05) is 200 Å². The monoisotopic (exact) mass is 735 g/mol. The topological polar surface area (TPSA) is 26.0 Å². The standard InChI is InChI=1S/C56H49N/c57-39-38-54(48-21-7-2-8-22-48)56(55-27-15-14-25-53(55)47-19-5-1-6-20-47)26-9-3-4-16-43(51-36-34-44-17-10-12-23-49(44)40-51)31-28-42-29-32-46(33-30-42)52-37-35-45-18-11-13-24-50(45)41-52/h1-9,11,13-15,18-22,24-41,43H,10,12,16-17,23,57H2/b4-3+,26-9-,31-28-,39-38+,56-54-. The molecule has 57 heavy (non-hydrogen) atoms. The predicted molar refractivity (Wildman–Crippen MR) is 246 cm³/mol. The number of allylic oxidation sites excluding steroid dienone is 8. The van der Waals surface area contributed by atoms with Crippen molar-refractivity contribution < 1.29 is 0 Å². The van der Waals surface area contributed by atoms with E-state index < -0.39 is 0 Å². The summed E-state index contributed by atoms with van der Waals surface area (Å²) in [7, 11) is 0. The quantitative estimate of drug-likeness (QED) is 0.0981. The molecule has 0 saturated carbocycles. The van der Waals surface area contributed by atoms with Crippen LogP contribution < -0.4 is 5.73 Å². The second-order valence-electron chi connectivity index (χ2n) is 14.9. The molecule has 0 spiro atoms. The van der Waals surface area contributed by atoms with E-state index in [2.05, 4.69) is 206 Å². The summed E-state index contributed by atoms with van der Waals surface area (Å²) in [4.78, 5) is 0. The predicted octanol–water partition coefficient (Wildman–Crippen LogP) is 14.4. The fraction of sp³-hybridized carbons (Fsp3) is 0.107. The van der Waals surface area contributed by atoms with E-state index >= 15 is 0 Å². The molecule has 0 heterocycles. The van der Waals surface area contributed by atoms with Crippen molar-refractivity contribution in [2.45, 2.75) is 38.0 Å². The van der Waals surface area contributed by atoms with Gasteiger partial charge in [0, 0.05) is 5.92 Å². The zero-order valence-corrected chi connectivity index (χ0v) is 32.5. The first-order valence-electron chi connectivity index (χ1n) is 20.3. The van der Waals surface area contributed by atoms with Gasteiger partial charge in [0.2, 0.25) is 0 Å². The van der Waals surface area contributed by atoms with E-state index in [0.717, 1.165) is 28.7 Å². The number of rotatable bonds is 12. The third-order valence-electron chi connectivity index (χ3n) is 11.2. The van der Waals surface area contributed by atoms with Crippen LogP contribution in [-0.2, 0) is 12.8 Å². The maximum atomic E-state index is 6.10. The highest BCUT2D eigenvalue weighted by molar-refractivity contribution is 6.03. The van der Waals surface area contributed by atoms with Crippen molar-refractivity contribution in [1.82, 2.24) is 0 Å². The molecule has 0 aliphatic heterocycles. The average molecular weight is 736 g/mol. The molecule has 1 heteroatoms. The molecule has 1 aliphatic rings. The van der Waals surface area contributed by atoms with Crippen LogP contribution in [0.3, 0.4) is 0 Å². The highest BCUT2D eigenvalue weighted by Gasteiger charge is 2.15. The average Bonchev–Trinajstić information content (AvgIpc) is 3.28. The van der Waals surface area contributed by atoms with Crippen LogP contribution in [0.4, 0.5) is 0 Å². The third kappa shape index (κ3) is 9.07. The summed E-state index contributed by atoms with van der Waals surface area (Å²) in [6, 6.07) is 61.2. The molecule has 1 aliphatic carbocycles. The summed E-state index contributed by atoms with van der Waals surface area (Å²) < 4.78 is 0. The number of fused-ring (bicyclic) bond motifs is 2. The highest BCUT2D eigenvalue weighted by atomic mass is 14.5. The first-order chi connectivity index (χ1) is 28.2. The molecule has 0 bridgehead atoms. The zero-order chi connectivity index (χ0) is 38.7. The van der Waals surface area contributed by atoms with Gasteiger partial charge in [0.25, 0.3) is 0 Å². The van der Waals surface area contributed by atoms with Crippen LogP contribution in [0.1, 0.15) is 58.6 Å². The molecule has 0 fully saturated rings. The van der Waals surface area contributed by atoms with Crippen LogP contribution in [0.2, 0.25) is 0 Å². The first-order valence-corrected chi connectivity index (χ1v) is 20.3. The largest absolute Gasteiger partial charge is 0.405 e. The van der Waals surface area contributed by atoms with Crippen molar-refractivity contribution >= 4 is 28.0 Å². The molecule has 0 amide bonds. The lowest BCUT2D eigenvalue weighted by atomic mass is 9.86. The van der Waals surface area contributed by atoms with Crippen molar-refractivity contribution in [1.29, 1.82) is 0 Å². The SMILES string of the molecule is N/C=C/C(=C(\C=C/C=C/CC(/C=C\c1ccc(-c2ccc3ccccc3c2)cc1)c1ccc2c(c1)CCCC2)c1ccccc1-c1ccccc1)c1ccccc1. The van der Waals surface area contributed by atoms with E-state index in [1.54, 1.807) is 6.20 Å². The van der Waals surface area contributed by atoms with Gasteiger partial charge in [0.05, 0.1) is 0 Å². The molecule has 1 nitrogen and oxygen atoms in total. The number of hydrogen-bond acceptors (Lipinski definition) is 1. The molecule has 2 N–H and O–H groups in total. The summed E-state index contributed by atoms with van der Waals surface area (Å²) in [6.07, 6.45) is 23.1. The van der Waals surface area contributed by atoms with E-state index in [0.29, 0.717) is 0 Å². The second kappa shape index (κ2) is 18.3. The van der Waals surface area contributed by atoms with E-state index in [1.165, 1.54) is 81.0 Å². The van der Waals surface area contributed by atoms with Crippen LogP contribution >= 0.6 is 0 Å². The van der Waals surface area contributed by atoms with Crippen LogP contribution in [0.15, 0.2) is 213 Å². The second-order valence-corrected chi connectivity index (χ2v) is 14.9. The molecule has 1 unspecified atom stereocenters. The van der Waals surface area contributed by atoms with E-state index in [4.69, 9.17) is 5.73 Å². The molecule has 7 aromatic rings. The molecule has 7 aromatic carbocycles. The van der Waals surface area contributed by atoms with Gasteiger partial charge in [-0.05, 0) is 128 Å². The van der Waals surface area contributed by atoms with E-state index in [9.17, 15) is 0 Å². The van der Waals surface area contributed by atoms with Crippen LogP contribution in [0.25, 0.3) is 50.2 Å². The molecule has 0 saturated heterocycles. The minimum atomic E-state index is 0.246. The van der Waals surface area contributed by atoms with Gasteiger partial charge < -0.3 is 5.73 Å². The molecule has 8 rings (SSSR count). The minimum absolute atomic E-state index is 0.246. The van der Waals surface area contributed by atoms with Crippen molar-refractivity contribution in [3.8, 4) is 22.3 Å². The lowest BCUT2D eigenvalue weighted by Crippen LogP contribution is -2.04. The van der Waals surface area contributed by atoms with Crippen LogP contribution in [-0.4, -0.2) is 0 Å². The van der Waals surface area contributed by atoms with Gasteiger partial charge in [-0.15, -0.1) is 0 Å². The third-order valence-corrected chi connectivity index (χ3v) is 11.2. The Kier molecular flexibility index (Phi) is 11.9. The number of aryl methyl sites for hydroxylation is 2. The lowest BCUT2D eigenvalue weighted by molar-refractivity contribution is 0.683. The van der Waals surface area contributed by atoms with Gasteiger partial charge in [-0.25, -0.2) is 0 Å². The number of benzene rings is 7. The lowest BCUT2D eigenvalue weighted by Gasteiger charge is -2.19. The Labute approximate surface area is 338 Å². The fourth-order valence-electron chi connectivity index (χ4n) is 8.12. The Morgan fingerprint density at radius 1 is 0.544 bits per heavy atom. The summed E-state index contributed by atoms with van der Waals surface area (Å²) >= 11 is 0.